The largest absolute Gasteiger partial charge is 0.359 e. The van der Waals surface area contributed by atoms with Crippen molar-refractivity contribution in [1.29, 1.82) is 0 Å². The van der Waals surface area contributed by atoms with Gasteiger partial charge in [-0.2, -0.15) is 5.10 Å². The zero-order valence-electron chi connectivity index (χ0n) is 13.2. The standard InChI is InChI=1S/C18H20N4O/c1-2-18(23)21-17-9-19-16-6-5-13(7-15(16)17)14-8-20-22(11-14)10-12-3-4-12/h5-9,11-12,19H,2-4,10H2,1H3,(H,21,23). The van der Waals surface area contributed by atoms with Crippen molar-refractivity contribution in [2.75, 3.05) is 5.32 Å². The lowest BCUT2D eigenvalue weighted by Crippen LogP contribution is -2.08. The van der Waals surface area contributed by atoms with E-state index in [0.717, 1.165) is 40.2 Å². The van der Waals surface area contributed by atoms with Crippen LogP contribution in [0.25, 0.3) is 22.0 Å². The fourth-order valence-corrected chi connectivity index (χ4v) is 2.82. The average Bonchev–Trinajstić information content (AvgIpc) is 3.10. The number of carbonyl (C=O) groups excluding carboxylic acids is 1. The van der Waals surface area contributed by atoms with Gasteiger partial charge in [-0.05, 0) is 36.5 Å². The molecule has 2 aromatic heterocycles. The zero-order valence-corrected chi connectivity index (χ0v) is 13.2. The van der Waals surface area contributed by atoms with E-state index in [1.807, 2.05) is 30.1 Å². The minimum atomic E-state index is 0.0218. The molecule has 1 fully saturated rings. The van der Waals surface area contributed by atoms with Crippen LogP contribution in [0.4, 0.5) is 5.69 Å². The first-order valence-electron chi connectivity index (χ1n) is 8.16. The van der Waals surface area contributed by atoms with Crippen molar-refractivity contribution < 1.29 is 4.79 Å². The third-order valence-electron chi connectivity index (χ3n) is 4.39. The number of benzene rings is 1. The maximum atomic E-state index is 11.7. The number of nitrogens with zero attached hydrogens (tertiary/aromatic N) is 2. The summed E-state index contributed by atoms with van der Waals surface area (Å²) in [6.07, 6.45) is 8.99. The van der Waals surface area contributed by atoms with E-state index in [4.69, 9.17) is 0 Å². The van der Waals surface area contributed by atoms with Gasteiger partial charge in [0.25, 0.3) is 0 Å². The number of hydrogen-bond donors (Lipinski definition) is 2. The molecule has 0 unspecified atom stereocenters. The Morgan fingerprint density at radius 3 is 3.04 bits per heavy atom. The second-order valence-electron chi connectivity index (χ2n) is 6.26. The molecule has 0 aliphatic heterocycles. The predicted octanol–water partition coefficient (Wildman–Crippen LogP) is 3.79. The van der Waals surface area contributed by atoms with Crippen LogP contribution in [-0.4, -0.2) is 20.7 Å². The van der Waals surface area contributed by atoms with Gasteiger partial charge in [-0.1, -0.05) is 13.0 Å². The summed E-state index contributed by atoms with van der Waals surface area (Å²) in [5, 5.41) is 8.43. The first kappa shape index (κ1) is 14.1. The molecule has 3 aromatic rings. The Bertz CT molecular complexity index is 857. The Hall–Kier alpha value is -2.56. The first-order valence-corrected chi connectivity index (χ1v) is 8.16. The first-order chi connectivity index (χ1) is 11.2. The molecule has 118 valence electrons. The van der Waals surface area contributed by atoms with Gasteiger partial charge in [-0.3, -0.25) is 9.48 Å². The third-order valence-corrected chi connectivity index (χ3v) is 4.39. The minimum Gasteiger partial charge on any atom is -0.359 e. The third kappa shape index (κ3) is 2.86. The second-order valence-corrected chi connectivity index (χ2v) is 6.26. The lowest BCUT2D eigenvalue weighted by molar-refractivity contribution is -0.115. The molecule has 0 bridgehead atoms. The summed E-state index contributed by atoms with van der Waals surface area (Å²) in [4.78, 5) is 14.9. The topological polar surface area (TPSA) is 62.7 Å². The van der Waals surface area contributed by atoms with Crippen LogP contribution in [0.1, 0.15) is 26.2 Å². The Morgan fingerprint density at radius 2 is 2.26 bits per heavy atom. The van der Waals surface area contributed by atoms with Gasteiger partial charge in [-0.25, -0.2) is 0 Å². The van der Waals surface area contributed by atoms with Crippen LogP contribution in [-0.2, 0) is 11.3 Å². The van der Waals surface area contributed by atoms with E-state index in [-0.39, 0.29) is 5.91 Å². The maximum absolute atomic E-state index is 11.7. The Labute approximate surface area is 134 Å². The lowest BCUT2D eigenvalue weighted by atomic mass is 10.1. The fourth-order valence-electron chi connectivity index (χ4n) is 2.82. The van der Waals surface area contributed by atoms with Crippen LogP contribution in [0.5, 0.6) is 0 Å². The van der Waals surface area contributed by atoms with E-state index in [1.165, 1.54) is 12.8 Å². The lowest BCUT2D eigenvalue weighted by Gasteiger charge is -2.03. The number of aromatic nitrogens is 3. The molecule has 0 radical (unpaired) electrons. The number of aromatic amines is 1. The summed E-state index contributed by atoms with van der Waals surface area (Å²) in [6.45, 7) is 2.87. The smallest absolute Gasteiger partial charge is 0.224 e. The van der Waals surface area contributed by atoms with Gasteiger partial charge in [0, 0.05) is 41.8 Å². The van der Waals surface area contributed by atoms with Crippen molar-refractivity contribution in [2.45, 2.75) is 32.7 Å². The van der Waals surface area contributed by atoms with Crippen LogP contribution in [0.15, 0.2) is 36.8 Å². The molecular formula is C18H20N4O. The van der Waals surface area contributed by atoms with Crippen LogP contribution in [0.2, 0.25) is 0 Å². The number of carbonyl (C=O) groups is 1. The molecule has 1 aliphatic carbocycles. The molecule has 2 heterocycles. The van der Waals surface area contributed by atoms with E-state index in [1.54, 1.807) is 0 Å². The van der Waals surface area contributed by atoms with E-state index in [9.17, 15) is 4.79 Å². The Balaban J connectivity index is 1.65. The molecular weight excluding hydrogens is 288 g/mol. The number of H-pyrrole nitrogens is 1. The summed E-state index contributed by atoms with van der Waals surface area (Å²) in [5.41, 5.74) is 4.08. The highest BCUT2D eigenvalue weighted by Crippen LogP contribution is 2.32. The van der Waals surface area contributed by atoms with E-state index in [2.05, 4.69) is 33.7 Å². The number of hydrogen-bond acceptors (Lipinski definition) is 2. The van der Waals surface area contributed by atoms with Crippen LogP contribution < -0.4 is 5.32 Å². The number of rotatable bonds is 5. The molecule has 1 aromatic carbocycles. The Kier molecular flexibility index (Phi) is 3.41. The molecule has 0 spiro atoms. The molecule has 1 amide bonds. The molecule has 5 nitrogen and oxygen atoms in total. The predicted molar refractivity (Wildman–Crippen MR) is 91.2 cm³/mol. The molecule has 0 saturated heterocycles. The summed E-state index contributed by atoms with van der Waals surface area (Å²) in [5.74, 6) is 0.833. The SMILES string of the molecule is CCC(=O)Nc1c[nH]c2ccc(-c3cnn(CC4CC4)c3)cc12. The van der Waals surface area contributed by atoms with Gasteiger partial charge in [0.2, 0.25) is 5.91 Å². The van der Waals surface area contributed by atoms with Crippen molar-refractivity contribution >= 4 is 22.5 Å². The number of fused-ring (bicyclic) bond motifs is 1. The maximum Gasteiger partial charge on any atom is 0.224 e. The second kappa shape index (κ2) is 5.57. The minimum absolute atomic E-state index is 0.0218. The zero-order chi connectivity index (χ0) is 15.8. The molecule has 5 heteroatoms. The summed E-state index contributed by atoms with van der Waals surface area (Å²) >= 11 is 0. The van der Waals surface area contributed by atoms with Gasteiger partial charge in [0.15, 0.2) is 0 Å². The van der Waals surface area contributed by atoms with Crippen molar-refractivity contribution in [2.24, 2.45) is 5.92 Å². The number of nitrogens with one attached hydrogen (secondary N) is 2. The van der Waals surface area contributed by atoms with Crippen molar-refractivity contribution in [3.05, 3.63) is 36.8 Å². The van der Waals surface area contributed by atoms with Gasteiger partial charge in [0.1, 0.15) is 0 Å². The van der Waals surface area contributed by atoms with Crippen molar-refractivity contribution in [1.82, 2.24) is 14.8 Å². The number of anilines is 1. The highest BCUT2D eigenvalue weighted by Gasteiger charge is 2.22. The van der Waals surface area contributed by atoms with Crippen molar-refractivity contribution in [3.63, 3.8) is 0 Å². The van der Waals surface area contributed by atoms with Gasteiger partial charge in [-0.15, -0.1) is 0 Å². The summed E-state index contributed by atoms with van der Waals surface area (Å²) < 4.78 is 2.04. The Morgan fingerprint density at radius 1 is 1.39 bits per heavy atom. The molecule has 1 aliphatic rings. The quantitative estimate of drug-likeness (QED) is 0.753. The van der Waals surface area contributed by atoms with Crippen molar-refractivity contribution in [3.8, 4) is 11.1 Å². The average molecular weight is 308 g/mol. The highest BCUT2D eigenvalue weighted by molar-refractivity contribution is 6.02. The van der Waals surface area contributed by atoms with E-state index >= 15 is 0 Å². The van der Waals surface area contributed by atoms with Crippen LogP contribution in [0, 0.1) is 5.92 Å². The van der Waals surface area contributed by atoms with Gasteiger partial charge < -0.3 is 10.3 Å². The normalized spacial score (nSPS) is 14.3. The van der Waals surface area contributed by atoms with Gasteiger partial charge in [0.05, 0.1) is 11.9 Å². The van der Waals surface area contributed by atoms with E-state index in [0.29, 0.717) is 6.42 Å². The van der Waals surface area contributed by atoms with Crippen LogP contribution in [0.3, 0.4) is 0 Å². The van der Waals surface area contributed by atoms with Crippen LogP contribution >= 0.6 is 0 Å². The molecule has 23 heavy (non-hydrogen) atoms. The molecule has 2 N–H and O–H groups in total. The molecule has 1 saturated carbocycles. The molecule has 4 rings (SSSR count). The number of amides is 1. The highest BCUT2D eigenvalue weighted by atomic mass is 16.1. The van der Waals surface area contributed by atoms with E-state index < -0.39 is 0 Å². The van der Waals surface area contributed by atoms with Gasteiger partial charge >= 0.3 is 0 Å². The fraction of sp³-hybridized carbons (Fsp3) is 0.333. The summed E-state index contributed by atoms with van der Waals surface area (Å²) in [6, 6.07) is 6.24. The summed E-state index contributed by atoms with van der Waals surface area (Å²) in [7, 11) is 0. The monoisotopic (exact) mass is 308 g/mol. The molecule has 0 atom stereocenters.